The average molecular weight is 408 g/mol. The second-order valence-corrected chi connectivity index (χ2v) is 8.05. The lowest BCUT2D eigenvalue weighted by Gasteiger charge is -2.27. The highest BCUT2D eigenvalue weighted by Crippen LogP contribution is 2.52. The summed E-state index contributed by atoms with van der Waals surface area (Å²) in [6.45, 7) is 1.66. The molecule has 0 unspecified atom stereocenters. The zero-order valence-electron chi connectivity index (χ0n) is 16.7. The first-order chi connectivity index (χ1) is 14.6. The Kier molecular flexibility index (Phi) is 4.58. The standard InChI is InChI=1S/C22H24N4O4/c1-25(13-17-23-9-10-24-17)20(27)18-16-7-8-22(30-16)14-26(21(28)19(18)22)11-12-29-15-5-3-2-4-6-15/h2-10,16,18-19H,11-14H2,1H3,(H,23,24)/t16-,18-,19-,22-/m0/s1. The molecule has 2 amide bonds. The summed E-state index contributed by atoms with van der Waals surface area (Å²) in [5.74, 6) is 0.342. The Morgan fingerprint density at radius 1 is 1.40 bits per heavy atom. The molecule has 1 spiro atoms. The molecule has 2 saturated heterocycles. The number of likely N-dealkylation sites (tertiary alicyclic amines) is 1. The molecule has 156 valence electrons. The molecule has 0 saturated carbocycles. The number of ether oxygens (including phenoxy) is 2. The van der Waals surface area contributed by atoms with Crippen molar-refractivity contribution in [2.75, 3.05) is 26.7 Å². The Hall–Kier alpha value is -3.13. The van der Waals surface area contributed by atoms with Crippen molar-refractivity contribution in [3.63, 3.8) is 0 Å². The Balaban J connectivity index is 1.27. The monoisotopic (exact) mass is 408 g/mol. The first-order valence-electron chi connectivity index (χ1n) is 10.1. The molecule has 1 aromatic heterocycles. The van der Waals surface area contributed by atoms with Crippen LogP contribution in [0.4, 0.5) is 0 Å². The number of hydrogen-bond donors (Lipinski definition) is 1. The van der Waals surface area contributed by atoms with E-state index in [1.807, 2.05) is 42.5 Å². The van der Waals surface area contributed by atoms with Crippen LogP contribution in [0.5, 0.6) is 5.75 Å². The van der Waals surface area contributed by atoms with Crippen LogP contribution in [-0.2, 0) is 20.9 Å². The number of fused-ring (bicyclic) bond motifs is 1. The zero-order valence-corrected chi connectivity index (χ0v) is 16.7. The molecule has 4 atom stereocenters. The van der Waals surface area contributed by atoms with Gasteiger partial charge in [-0.2, -0.15) is 0 Å². The van der Waals surface area contributed by atoms with Crippen LogP contribution in [0.3, 0.4) is 0 Å². The molecular formula is C22H24N4O4. The van der Waals surface area contributed by atoms with Gasteiger partial charge >= 0.3 is 0 Å². The molecule has 5 rings (SSSR count). The normalized spacial score (nSPS) is 28.8. The van der Waals surface area contributed by atoms with E-state index in [-0.39, 0.29) is 17.9 Å². The Morgan fingerprint density at radius 3 is 3.00 bits per heavy atom. The van der Waals surface area contributed by atoms with Gasteiger partial charge < -0.3 is 24.3 Å². The van der Waals surface area contributed by atoms with Crippen LogP contribution in [0.15, 0.2) is 54.9 Å². The lowest BCUT2D eigenvalue weighted by molar-refractivity contribution is -0.142. The molecule has 30 heavy (non-hydrogen) atoms. The number of aromatic amines is 1. The maximum absolute atomic E-state index is 13.2. The minimum absolute atomic E-state index is 0.0386. The van der Waals surface area contributed by atoms with E-state index < -0.39 is 17.4 Å². The minimum Gasteiger partial charge on any atom is -0.492 e. The molecule has 3 aliphatic rings. The van der Waals surface area contributed by atoms with Gasteiger partial charge in [0.1, 0.15) is 23.8 Å². The van der Waals surface area contributed by atoms with E-state index in [1.165, 1.54) is 0 Å². The van der Waals surface area contributed by atoms with Crippen molar-refractivity contribution in [1.82, 2.24) is 19.8 Å². The number of H-pyrrole nitrogens is 1. The third-order valence-electron chi connectivity index (χ3n) is 6.16. The predicted molar refractivity (Wildman–Crippen MR) is 107 cm³/mol. The first kappa shape index (κ1) is 18.9. The lowest BCUT2D eigenvalue weighted by atomic mass is 9.76. The van der Waals surface area contributed by atoms with Crippen LogP contribution in [0.2, 0.25) is 0 Å². The summed E-state index contributed by atoms with van der Waals surface area (Å²) in [7, 11) is 1.73. The van der Waals surface area contributed by atoms with Crippen LogP contribution < -0.4 is 4.74 Å². The number of imidazole rings is 1. The summed E-state index contributed by atoms with van der Waals surface area (Å²) >= 11 is 0. The second-order valence-electron chi connectivity index (χ2n) is 8.05. The highest BCUT2D eigenvalue weighted by atomic mass is 16.5. The Bertz CT molecular complexity index is 961. The average Bonchev–Trinajstić information content (AvgIpc) is 3.51. The molecule has 2 fully saturated rings. The molecule has 8 heteroatoms. The highest BCUT2D eigenvalue weighted by molar-refractivity contribution is 5.93. The zero-order chi connectivity index (χ0) is 20.7. The summed E-state index contributed by atoms with van der Waals surface area (Å²) in [6, 6.07) is 9.52. The molecular weight excluding hydrogens is 384 g/mol. The van der Waals surface area contributed by atoms with Gasteiger partial charge in [-0.15, -0.1) is 0 Å². The van der Waals surface area contributed by atoms with Gasteiger partial charge in [-0.3, -0.25) is 9.59 Å². The van der Waals surface area contributed by atoms with E-state index in [9.17, 15) is 9.59 Å². The quantitative estimate of drug-likeness (QED) is 0.697. The SMILES string of the molecule is CN(Cc1ncc[nH]1)C(=O)[C@H]1[C@@H]2C=C[C@@]3(CN(CCOc4ccccc4)C(=O)[C@H]13)O2. The Labute approximate surface area is 174 Å². The van der Waals surface area contributed by atoms with Gasteiger partial charge in [0, 0.05) is 19.4 Å². The number of hydrogen-bond acceptors (Lipinski definition) is 5. The summed E-state index contributed by atoms with van der Waals surface area (Å²) < 4.78 is 11.9. The van der Waals surface area contributed by atoms with Crippen LogP contribution in [0.25, 0.3) is 0 Å². The first-order valence-corrected chi connectivity index (χ1v) is 10.1. The number of carbonyl (C=O) groups excluding carboxylic acids is 2. The second kappa shape index (κ2) is 7.28. The van der Waals surface area contributed by atoms with Gasteiger partial charge in [-0.25, -0.2) is 4.98 Å². The lowest BCUT2D eigenvalue weighted by Crippen LogP contribution is -2.44. The highest BCUT2D eigenvalue weighted by Gasteiger charge is 2.67. The number of nitrogens with one attached hydrogen (secondary N) is 1. The van der Waals surface area contributed by atoms with Crippen LogP contribution in [0, 0.1) is 11.8 Å². The van der Waals surface area contributed by atoms with Crippen molar-refractivity contribution in [2.45, 2.75) is 18.2 Å². The molecule has 1 aromatic carbocycles. The number of para-hydroxylation sites is 1. The molecule has 0 aliphatic carbocycles. The van der Waals surface area contributed by atoms with Gasteiger partial charge in [0.15, 0.2) is 0 Å². The number of benzene rings is 1. The largest absolute Gasteiger partial charge is 0.492 e. The summed E-state index contributed by atoms with van der Waals surface area (Å²) in [5.41, 5.74) is -0.708. The molecule has 8 nitrogen and oxygen atoms in total. The molecule has 2 aromatic rings. The van der Waals surface area contributed by atoms with E-state index >= 15 is 0 Å². The maximum atomic E-state index is 13.2. The number of carbonyl (C=O) groups is 2. The van der Waals surface area contributed by atoms with Crippen molar-refractivity contribution < 1.29 is 19.1 Å². The fourth-order valence-corrected chi connectivity index (χ4v) is 4.78. The smallest absolute Gasteiger partial charge is 0.230 e. The topological polar surface area (TPSA) is 87.8 Å². The van der Waals surface area contributed by atoms with Crippen LogP contribution in [0.1, 0.15) is 5.82 Å². The summed E-state index contributed by atoms with van der Waals surface area (Å²) in [6.07, 6.45) is 6.92. The van der Waals surface area contributed by atoms with Crippen molar-refractivity contribution >= 4 is 11.8 Å². The fraction of sp³-hybridized carbons (Fsp3) is 0.409. The van der Waals surface area contributed by atoms with Crippen molar-refractivity contribution in [2.24, 2.45) is 11.8 Å². The van der Waals surface area contributed by atoms with E-state index in [0.717, 1.165) is 5.75 Å². The fourth-order valence-electron chi connectivity index (χ4n) is 4.78. The molecule has 2 bridgehead atoms. The van der Waals surface area contributed by atoms with Gasteiger partial charge in [0.25, 0.3) is 0 Å². The summed E-state index contributed by atoms with van der Waals surface area (Å²) in [4.78, 5) is 37.0. The van der Waals surface area contributed by atoms with E-state index in [4.69, 9.17) is 9.47 Å². The van der Waals surface area contributed by atoms with Crippen molar-refractivity contribution in [3.8, 4) is 5.75 Å². The summed E-state index contributed by atoms with van der Waals surface area (Å²) in [5, 5.41) is 0. The van der Waals surface area contributed by atoms with Crippen molar-refractivity contribution in [1.29, 1.82) is 0 Å². The van der Waals surface area contributed by atoms with E-state index in [1.54, 1.807) is 29.2 Å². The molecule has 3 aliphatic heterocycles. The molecule has 4 heterocycles. The van der Waals surface area contributed by atoms with Gasteiger partial charge in [0.2, 0.25) is 11.8 Å². The van der Waals surface area contributed by atoms with Crippen LogP contribution >= 0.6 is 0 Å². The number of amides is 2. The van der Waals surface area contributed by atoms with E-state index in [2.05, 4.69) is 9.97 Å². The predicted octanol–water partition coefficient (Wildman–Crippen LogP) is 1.23. The van der Waals surface area contributed by atoms with Crippen molar-refractivity contribution in [3.05, 3.63) is 60.7 Å². The van der Waals surface area contributed by atoms with Crippen LogP contribution in [-0.4, -0.2) is 70.0 Å². The third-order valence-corrected chi connectivity index (χ3v) is 6.16. The number of rotatable bonds is 7. The van der Waals surface area contributed by atoms with E-state index in [0.29, 0.717) is 32.1 Å². The Morgan fingerprint density at radius 2 is 2.23 bits per heavy atom. The molecule has 0 radical (unpaired) electrons. The van der Waals surface area contributed by atoms with Gasteiger partial charge in [-0.1, -0.05) is 30.4 Å². The van der Waals surface area contributed by atoms with Gasteiger partial charge in [-0.05, 0) is 12.1 Å². The minimum atomic E-state index is -0.708. The number of nitrogens with zero attached hydrogens (tertiary/aromatic N) is 3. The molecule has 1 N–H and O–H groups in total. The third kappa shape index (κ3) is 3.08. The maximum Gasteiger partial charge on any atom is 0.230 e. The van der Waals surface area contributed by atoms with Gasteiger partial charge in [0.05, 0.1) is 37.6 Å². The number of aromatic nitrogens is 2.